The molecule has 0 saturated carbocycles. The highest BCUT2D eigenvalue weighted by molar-refractivity contribution is 5.93. The van der Waals surface area contributed by atoms with Crippen LogP contribution in [0.5, 0.6) is 0 Å². The molecule has 0 saturated heterocycles. The van der Waals surface area contributed by atoms with Crippen molar-refractivity contribution in [3.05, 3.63) is 52.4 Å². The summed E-state index contributed by atoms with van der Waals surface area (Å²) >= 11 is 0. The van der Waals surface area contributed by atoms with E-state index in [0.717, 1.165) is 5.56 Å². The highest BCUT2D eigenvalue weighted by atomic mass is 16.1. The standard InChI is InChI=1S/C14H14N2O2/c1-9-8-12(16-10(2)17)13(14(18)15-9)11-6-4-3-5-7-11/h3-8H,1-2H3,(H2,15,16,17,18). The van der Waals surface area contributed by atoms with Crippen LogP contribution in [0.3, 0.4) is 0 Å². The molecule has 0 fully saturated rings. The molecule has 1 amide bonds. The van der Waals surface area contributed by atoms with Gasteiger partial charge in [0.1, 0.15) is 0 Å². The summed E-state index contributed by atoms with van der Waals surface area (Å²) in [7, 11) is 0. The Morgan fingerprint density at radius 1 is 1.22 bits per heavy atom. The van der Waals surface area contributed by atoms with Crippen molar-refractivity contribution in [2.75, 3.05) is 5.32 Å². The molecule has 2 aromatic rings. The highest BCUT2D eigenvalue weighted by Gasteiger charge is 2.11. The number of rotatable bonds is 2. The van der Waals surface area contributed by atoms with E-state index in [1.807, 2.05) is 30.3 Å². The van der Waals surface area contributed by atoms with Crippen molar-refractivity contribution < 1.29 is 4.79 Å². The molecule has 4 heteroatoms. The van der Waals surface area contributed by atoms with Gasteiger partial charge in [0.25, 0.3) is 5.56 Å². The maximum absolute atomic E-state index is 12.0. The van der Waals surface area contributed by atoms with Crippen LogP contribution in [0, 0.1) is 6.92 Å². The lowest BCUT2D eigenvalue weighted by molar-refractivity contribution is -0.114. The van der Waals surface area contributed by atoms with E-state index in [0.29, 0.717) is 16.9 Å². The third kappa shape index (κ3) is 2.48. The molecule has 18 heavy (non-hydrogen) atoms. The molecule has 2 rings (SSSR count). The van der Waals surface area contributed by atoms with Gasteiger partial charge in [-0.3, -0.25) is 9.59 Å². The fourth-order valence-electron chi connectivity index (χ4n) is 1.87. The van der Waals surface area contributed by atoms with Crippen LogP contribution in [0.25, 0.3) is 11.1 Å². The molecule has 0 aliphatic carbocycles. The first-order valence-electron chi connectivity index (χ1n) is 5.65. The van der Waals surface area contributed by atoms with Gasteiger partial charge in [-0.15, -0.1) is 0 Å². The van der Waals surface area contributed by atoms with Crippen molar-refractivity contribution in [2.24, 2.45) is 0 Å². The van der Waals surface area contributed by atoms with Crippen LogP contribution in [0.15, 0.2) is 41.2 Å². The lowest BCUT2D eigenvalue weighted by atomic mass is 10.1. The number of aryl methyl sites for hydroxylation is 1. The molecule has 0 aliphatic heterocycles. The number of benzene rings is 1. The number of carbonyl (C=O) groups is 1. The van der Waals surface area contributed by atoms with E-state index in [1.165, 1.54) is 6.92 Å². The summed E-state index contributed by atoms with van der Waals surface area (Å²) in [6.07, 6.45) is 0. The Morgan fingerprint density at radius 2 is 1.89 bits per heavy atom. The Hall–Kier alpha value is -2.36. The molecule has 4 nitrogen and oxygen atoms in total. The monoisotopic (exact) mass is 242 g/mol. The summed E-state index contributed by atoms with van der Waals surface area (Å²) < 4.78 is 0. The summed E-state index contributed by atoms with van der Waals surface area (Å²) in [6.45, 7) is 3.20. The molecule has 1 heterocycles. The van der Waals surface area contributed by atoms with Gasteiger partial charge in [0.2, 0.25) is 5.91 Å². The molecule has 2 N–H and O–H groups in total. The van der Waals surface area contributed by atoms with Crippen molar-refractivity contribution in [3.63, 3.8) is 0 Å². The number of hydrogen-bond acceptors (Lipinski definition) is 2. The predicted octanol–water partition coefficient (Wildman–Crippen LogP) is 2.31. The molecule has 1 aromatic carbocycles. The van der Waals surface area contributed by atoms with Crippen LogP contribution in [-0.2, 0) is 4.79 Å². The number of H-pyrrole nitrogens is 1. The van der Waals surface area contributed by atoms with Crippen molar-refractivity contribution in [1.82, 2.24) is 4.98 Å². The maximum Gasteiger partial charge on any atom is 0.258 e. The Morgan fingerprint density at radius 3 is 2.50 bits per heavy atom. The first-order chi connectivity index (χ1) is 8.58. The number of amides is 1. The van der Waals surface area contributed by atoms with Gasteiger partial charge in [0.15, 0.2) is 0 Å². The zero-order valence-electron chi connectivity index (χ0n) is 10.3. The number of nitrogens with one attached hydrogen (secondary N) is 2. The number of pyridine rings is 1. The van der Waals surface area contributed by atoms with Crippen LogP contribution >= 0.6 is 0 Å². The topological polar surface area (TPSA) is 62.0 Å². The molecule has 1 aromatic heterocycles. The summed E-state index contributed by atoms with van der Waals surface area (Å²) in [5.74, 6) is -0.197. The van der Waals surface area contributed by atoms with Gasteiger partial charge in [-0.25, -0.2) is 0 Å². The highest BCUT2D eigenvalue weighted by Crippen LogP contribution is 2.24. The average molecular weight is 242 g/mol. The van der Waals surface area contributed by atoms with Crippen LogP contribution in [0.2, 0.25) is 0 Å². The predicted molar refractivity (Wildman–Crippen MR) is 71.5 cm³/mol. The van der Waals surface area contributed by atoms with Crippen molar-refractivity contribution in [3.8, 4) is 11.1 Å². The fourth-order valence-corrected chi connectivity index (χ4v) is 1.87. The maximum atomic E-state index is 12.0. The Labute approximate surface area is 105 Å². The summed E-state index contributed by atoms with van der Waals surface area (Å²) in [4.78, 5) is 26.0. The summed E-state index contributed by atoms with van der Waals surface area (Å²) in [5, 5.41) is 2.69. The minimum absolute atomic E-state index is 0.197. The third-order valence-electron chi connectivity index (χ3n) is 2.54. The zero-order chi connectivity index (χ0) is 13.1. The molecule has 0 bridgehead atoms. The molecule has 0 unspecified atom stereocenters. The second-order valence-electron chi connectivity index (χ2n) is 4.12. The van der Waals surface area contributed by atoms with E-state index in [4.69, 9.17) is 0 Å². The van der Waals surface area contributed by atoms with Gasteiger partial charge in [-0.1, -0.05) is 30.3 Å². The van der Waals surface area contributed by atoms with Gasteiger partial charge < -0.3 is 10.3 Å². The van der Waals surface area contributed by atoms with E-state index >= 15 is 0 Å². The number of anilines is 1. The van der Waals surface area contributed by atoms with Crippen LogP contribution in [-0.4, -0.2) is 10.9 Å². The minimum Gasteiger partial charge on any atom is -0.326 e. The smallest absolute Gasteiger partial charge is 0.258 e. The molecule has 0 spiro atoms. The number of aromatic nitrogens is 1. The van der Waals surface area contributed by atoms with Crippen molar-refractivity contribution in [1.29, 1.82) is 0 Å². The largest absolute Gasteiger partial charge is 0.326 e. The third-order valence-corrected chi connectivity index (χ3v) is 2.54. The first-order valence-corrected chi connectivity index (χ1v) is 5.65. The van der Waals surface area contributed by atoms with E-state index in [2.05, 4.69) is 10.3 Å². The van der Waals surface area contributed by atoms with E-state index in [-0.39, 0.29) is 11.5 Å². The Kier molecular flexibility index (Phi) is 3.28. The van der Waals surface area contributed by atoms with E-state index in [1.54, 1.807) is 13.0 Å². The lowest BCUT2D eigenvalue weighted by Gasteiger charge is -2.10. The molecular weight excluding hydrogens is 228 g/mol. The van der Waals surface area contributed by atoms with Crippen molar-refractivity contribution in [2.45, 2.75) is 13.8 Å². The summed E-state index contributed by atoms with van der Waals surface area (Å²) in [5.41, 5.74) is 2.31. The summed E-state index contributed by atoms with van der Waals surface area (Å²) in [6, 6.07) is 11.0. The fraction of sp³-hybridized carbons (Fsp3) is 0.143. The van der Waals surface area contributed by atoms with Gasteiger partial charge in [-0.2, -0.15) is 0 Å². The molecule has 92 valence electrons. The second-order valence-corrected chi connectivity index (χ2v) is 4.12. The minimum atomic E-state index is -0.204. The van der Waals surface area contributed by atoms with Crippen LogP contribution in [0.1, 0.15) is 12.6 Å². The Balaban J connectivity index is 2.65. The van der Waals surface area contributed by atoms with E-state index in [9.17, 15) is 9.59 Å². The normalized spacial score (nSPS) is 10.1. The average Bonchev–Trinajstić information content (AvgIpc) is 2.28. The zero-order valence-corrected chi connectivity index (χ0v) is 10.3. The molecule has 0 atom stereocenters. The number of carbonyl (C=O) groups excluding carboxylic acids is 1. The Bertz CT molecular complexity index is 630. The molecule has 0 radical (unpaired) electrons. The molecule has 0 aliphatic rings. The van der Waals surface area contributed by atoms with Gasteiger partial charge >= 0.3 is 0 Å². The van der Waals surface area contributed by atoms with Crippen molar-refractivity contribution >= 4 is 11.6 Å². The molecular formula is C14H14N2O2. The van der Waals surface area contributed by atoms with Crippen LogP contribution in [0.4, 0.5) is 5.69 Å². The quantitative estimate of drug-likeness (QED) is 0.848. The van der Waals surface area contributed by atoms with E-state index < -0.39 is 0 Å². The van der Waals surface area contributed by atoms with Gasteiger partial charge in [0.05, 0.1) is 11.3 Å². The first kappa shape index (κ1) is 12.1. The van der Waals surface area contributed by atoms with Gasteiger partial charge in [-0.05, 0) is 18.6 Å². The number of aromatic amines is 1. The van der Waals surface area contributed by atoms with Crippen LogP contribution < -0.4 is 10.9 Å². The lowest BCUT2D eigenvalue weighted by Crippen LogP contribution is -2.16. The van der Waals surface area contributed by atoms with Gasteiger partial charge in [0, 0.05) is 12.6 Å². The number of hydrogen-bond donors (Lipinski definition) is 2. The second kappa shape index (κ2) is 4.87. The SMILES string of the molecule is CC(=O)Nc1cc(C)[nH]c(=O)c1-c1ccccc1.